The van der Waals surface area contributed by atoms with Gasteiger partial charge in [0.2, 0.25) is 0 Å². The van der Waals surface area contributed by atoms with Gasteiger partial charge in [-0.15, -0.1) is 0 Å². The molecule has 1 heterocycles. The molecule has 1 aliphatic rings. The molecule has 0 saturated carbocycles. The number of aryl methyl sites for hydroxylation is 1. The summed E-state index contributed by atoms with van der Waals surface area (Å²) in [6.45, 7) is 8.92. The summed E-state index contributed by atoms with van der Waals surface area (Å²) >= 11 is 0. The van der Waals surface area contributed by atoms with Gasteiger partial charge in [-0.1, -0.05) is 36.8 Å². The first kappa shape index (κ1) is 14.5. The van der Waals surface area contributed by atoms with Gasteiger partial charge in [0.25, 0.3) is 0 Å². The molecule has 2 nitrogen and oxygen atoms in total. The minimum atomic E-state index is -0.327. The Bertz CT molecular complexity index is 387. The summed E-state index contributed by atoms with van der Waals surface area (Å²) in [5.41, 5.74) is 2.29. The van der Waals surface area contributed by atoms with Crippen molar-refractivity contribution in [2.45, 2.75) is 52.2 Å². The molecule has 0 bridgehead atoms. The molecular formula is C17H27NO. The minimum absolute atomic E-state index is 0.327. The summed E-state index contributed by atoms with van der Waals surface area (Å²) in [6.07, 6.45) is 3.10. The lowest BCUT2D eigenvalue weighted by Crippen LogP contribution is -2.41. The molecule has 2 rings (SSSR count). The molecule has 1 saturated heterocycles. The standard InChI is InChI=1S/C17H27NO/c1-13-4-6-16(7-5-13)17(19)9-11-18-10-8-14(2)12-15(18)3/h4-7,14-15,17,19H,8-12H2,1-3H3. The summed E-state index contributed by atoms with van der Waals surface area (Å²) in [4.78, 5) is 2.53. The smallest absolute Gasteiger partial charge is 0.0802 e. The number of hydrogen-bond acceptors (Lipinski definition) is 2. The molecule has 0 aromatic heterocycles. The number of likely N-dealkylation sites (tertiary alicyclic amines) is 1. The number of aliphatic hydroxyl groups excluding tert-OH is 1. The van der Waals surface area contributed by atoms with Crippen LogP contribution >= 0.6 is 0 Å². The Labute approximate surface area is 117 Å². The SMILES string of the molecule is Cc1ccc(C(O)CCN2CCC(C)CC2C)cc1. The van der Waals surface area contributed by atoms with Crippen LogP contribution in [0.25, 0.3) is 0 Å². The monoisotopic (exact) mass is 261 g/mol. The van der Waals surface area contributed by atoms with Gasteiger partial charge < -0.3 is 10.0 Å². The molecule has 19 heavy (non-hydrogen) atoms. The van der Waals surface area contributed by atoms with E-state index in [9.17, 15) is 5.11 Å². The number of piperidine rings is 1. The molecule has 2 heteroatoms. The summed E-state index contributed by atoms with van der Waals surface area (Å²) in [5, 5.41) is 10.3. The quantitative estimate of drug-likeness (QED) is 0.896. The Kier molecular flexibility index (Phi) is 5.00. The molecule has 1 aliphatic heterocycles. The fraction of sp³-hybridized carbons (Fsp3) is 0.647. The van der Waals surface area contributed by atoms with Crippen molar-refractivity contribution in [2.24, 2.45) is 5.92 Å². The summed E-state index contributed by atoms with van der Waals surface area (Å²) in [5.74, 6) is 0.855. The van der Waals surface area contributed by atoms with E-state index < -0.39 is 0 Å². The molecule has 0 spiro atoms. The Hall–Kier alpha value is -0.860. The predicted octanol–water partition coefficient (Wildman–Crippen LogP) is 3.54. The van der Waals surface area contributed by atoms with Gasteiger partial charge in [-0.05, 0) is 51.1 Å². The van der Waals surface area contributed by atoms with Crippen molar-refractivity contribution in [1.82, 2.24) is 4.90 Å². The van der Waals surface area contributed by atoms with Crippen molar-refractivity contribution < 1.29 is 5.11 Å². The van der Waals surface area contributed by atoms with Crippen LogP contribution in [0.3, 0.4) is 0 Å². The highest BCUT2D eigenvalue weighted by Gasteiger charge is 2.23. The van der Waals surface area contributed by atoms with Gasteiger partial charge >= 0.3 is 0 Å². The number of rotatable bonds is 4. The predicted molar refractivity (Wildman–Crippen MR) is 80.2 cm³/mol. The summed E-state index contributed by atoms with van der Waals surface area (Å²) in [6, 6.07) is 8.89. The lowest BCUT2D eigenvalue weighted by molar-refractivity contribution is 0.0941. The second-order valence-electron chi connectivity index (χ2n) is 6.23. The third kappa shape index (κ3) is 4.05. The van der Waals surface area contributed by atoms with E-state index >= 15 is 0 Å². The highest BCUT2D eigenvalue weighted by Crippen LogP contribution is 2.24. The van der Waals surface area contributed by atoms with E-state index in [1.807, 2.05) is 12.1 Å². The zero-order valence-corrected chi connectivity index (χ0v) is 12.5. The van der Waals surface area contributed by atoms with Crippen LogP contribution in [0, 0.1) is 12.8 Å². The first-order valence-electron chi connectivity index (χ1n) is 7.55. The van der Waals surface area contributed by atoms with Crippen molar-refractivity contribution in [1.29, 1.82) is 0 Å². The minimum Gasteiger partial charge on any atom is -0.388 e. The lowest BCUT2D eigenvalue weighted by atomic mass is 9.93. The maximum Gasteiger partial charge on any atom is 0.0802 e. The summed E-state index contributed by atoms with van der Waals surface area (Å²) in [7, 11) is 0. The van der Waals surface area contributed by atoms with Gasteiger partial charge in [0, 0.05) is 12.6 Å². The molecular weight excluding hydrogens is 234 g/mol. The Balaban J connectivity index is 1.83. The molecule has 3 atom stereocenters. The molecule has 3 unspecified atom stereocenters. The highest BCUT2D eigenvalue weighted by atomic mass is 16.3. The van der Waals surface area contributed by atoms with Gasteiger partial charge in [-0.2, -0.15) is 0 Å². The average molecular weight is 261 g/mol. The number of nitrogens with zero attached hydrogens (tertiary/aromatic N) is 1. The van der Waals surface area contributed by atoms with Crippen LogP contribution in [0.5, 0.6) is 0 Å². The van der Waals surface area contributed by atoms with Crippen molar-refractivity contribution in [3.05, 3.63) is 35.4 Å². The van der Waals surface area contributed by atoms with Crippen LogP contribution in [0.2, 0.25) is 0 Å². The van der Waals surface area contributed by atoms with Gasteiger partial charge in [0.05, 0.1) is 6.10 Å². The maximum atomic E-state index is 10.3. The fourth-order valence-electron chi connectivity index (χ4n) is 3.03. The van der Waals surface area contributed by atoms with E-state index in [0.29, 0.717) is 6.04 Å². The fourth-order valence-corrected chi connectivity index (χ4v) is 3.03. The van der Waals surface area contributed by atoms with E-state index in [0.717, 1.165) is 24.4 Å². The van der Waals surface area contributed by atoms with E-state index in [-0.39, 0.29) is 6.10 Å². The number of hydrogen-bond donors (Lipinski definition) is 1. The third-order valence-electron chi connectivity index (χ3n) is 4.43. The van der Waals surface area contributed by atoms with E-state index in [4.69, 9.17) is 0 Å². The third-order valence-corrected chi connectivity index (χ3v) is 4.43. The van der Waals surface area contributed by atoms with Crippen LogP contribution in [-0.2, 0) is 0 Å². The lowest BCUT2D eigenvalue weighted by Gasteiger charge is -2.36. The van der Waals surface area contributed by atoms with E-state index in [1.165, 1.54) is 24.9 Å². The molecule has 1 aromatic carbocycles. The largest absolute Gasteiger partial charge is 0.388 e. The van der Waals surface area contributed by atoms with Crippen LogP contribution in [0.4, 0.5) is 0 Å². The van der Waals surface area contributed by atoms with E-state index in [1.54, 1.807) is 0 Å². The second kappa shape index (κ2) is 6.53. The normalized spacial score (nSPS) is 26.3. The first-order valence-corrected chi connectivity index (χ1v) is 7.55. The Morgan fingerprint density at radius 1 is 1.26 bits per heavy atom. The molecule has 1 fully saturated rings. The van der Waals surface area contributed by atoms with Crippen molar-refractivity contribution in [3.63, 3.8) is 0 Å². The number of benzene rings is 1. The zero-order valence-electron chi connectivity index (χ0n) is 12.5. The van der Waals surface area contributed by atoms with Crippen LogP contribution < -0.4 is 0 Å². The first-order chi connectivity index (χ1) is 9.06. The topological polar surface area (TPSA) is 23.5 Å². The van der Waals surface area contributed by atoms with Crippen LogP contribution in [-0.4, -0.2) is 29.1 Å². The van der Waals surface area contributed by atoms with Crippen molar-refractivity contribution in [3.8, 4) is 0 Å². The van der Waals surface area contributed by atoms with Gasteiger partial charge in [-0.3, -0.25) is 0 Å². The van der Waals surface area contributed by atoms with Crippen molar-refractivity contribution >= 4 is 0 Å². The maximum absolute atomic E-state index is 10.3. The second-order valence-corrected chi connectivity index (χ2v) is 6.23. The zero-order chi connectivity index (χ0) is 13.8. The summed E-state index contributed by atoms with van der Waals surface area (Å²) < 4.78 is 0. The molecule has 0 radical (unpaired) electrons. The number of aliphatic hydroxyl groups is 1. The molecule has 1 aromatic rings. The van der Waals surface area contributed by atoms with Gasteiger partial charge in [-0.25, -0.2) is 0 Å². The Morgan fingerprint density at radius 2 is 1.95 bits per heavy atom. The molecule has 0 amide bonds. The average Bonchev–Trinajstić information content (AvgIpc) is 2.38. The van der Waals surface area contributed by atoms with Crippen molar-refractivity contribution in [2.75, 3.05) is 13.1 Å². The highest BCUT2D eigenvalue weighted by molar-refractivity contribution is 5.23. The van der Waals surface area contributed by atoms with E-state index in [2.05, 4.69) is 37.8 Å². The Morgan fingerprint density at radius 3 is 2.58 bits per heavy atom. The molecule has 0 aliphatic carbocycles. The van der Waals surface area contributed by atoms with Crippen LogP contribution in [0.15, 0.2) is 24.3 Å². The molecule has 106 valence electrons. The molecule has 1 N–H and O–H groups in total. The van der Waals surface area contributed by atoms with Crippen LogP contribution in [0.1, 0.15) is 50.3 Å². The van der Waals surface area contributed by atoms with Gasteiger partial charge in [0.1, 0.15) is 0 Å². The van der Waals surface area contributed by atoms with Gasteiger partial charge in [0.15, 0.2) is 0 Å².